The molecule has 3 rings (SSSR count). The van der Waals surface area contributed by atoms with Crippen molar-refractivity contribution in [1.29, 1.82) is 0 Å². The van der Waals surface area contributed by atoms with Crippen LogP contribution in [0.5, 0.6) is 0 Å². The lowest BCUT2D eigenvalue weighted by molar-refractivity contribution is -0.134. The summed E-state index contributed by atoms with van der Waals surface area (Å²) in [7, 11) is 0. The first-order valence-corrected chi connectivity index (χ1v) is 8.86. The Kier molecular flexibility index (Phi) is 5.68. The van der Waals surface area contributed by atoms with Crippen LogP contribution in [-0.2, 0) is 16.0 Å². The zero-order chi connectivity index (χ0) is 18.5. The van der Waals surface area contributed by atoms with Crippen LogP contribution in [0.4, 0.5) is 5.69 Å². The molecule has 0 unspecified atom stereocenters. The van der Waals surface area contributed by atoms with E-state index >= 15 is 0 Å². The average Bonchev–Trinajstić information content (AvgIpc) is 2.66. The SMILES string of the molecule is Cc1ccc(C)c(C(=O)Nc2ccc(CC(=O)N3CCOCC3)cc2)c1. The zero-order valence-corrected chi connectivity index (χ0v) is 15.2. The second-order valence-electron chi connectivity index (χ2n) is 6.64. The standard InChI is InChI=1S/C21H24N2O3/c1-15-3-4-16(2)19(13-15)21(25)22-18-7-5-17(6-8-18)14-20(24)23-9-11-26-12-10-23/h3-8,13H,9-12,14H2,1-2H3,(H,22,25). The molecular formula is C21H24N2O3. The van der Waals surface area contributed by atoms with E-state index in [1.807, 2.05) is 61.2 Å². The first-order chi connectivity index (χ1) is 12.5. The number of nitrogens with one attached hydrogen (secondary N) is 1. The van der Waals surface area contributed by atoms with Crippen molar-refractivity contribution in [3.8, 4) is 0 Å². The van der Waals surface area contributed by atoms with E-state index in [0.29, 0.717) is 38.3 Å². The maximum absolute atomic E-state index is 12.5. The van der Waals surface area contributed by atoms with E-state index < -0.39 is 0 Å². The van der Waals surface area contributed by atoms with E-state index in [4.69, 9.17) is 4.74 Å². The normalized spacial score (nSPS) is 14.2. The average molecular weight is 352 g/mol. The van der Waals surface area contributed by atoms with Gasteiger partial charge in [0.15, 0.2) is 0 Å². The highest BCUT2D eigenvalue weighted by molar-refractivity contribution is 6.05. The van der Waals surface area contributed by atoms with Gasteiger partial charge < -0.3 is 15.0 Å². The molecule has 5 nitrogen and oxygen atoms in total. The van der Waals surface area contributed by atoms with Gasteiger partial charge >= 0.3 is 0 Å². The van der Waals surface area contributed by atoms with E-state index in [-0.39, 0.29) is 11.8 Å². The van der Waals surface area contributed by atoms with Crippen molar-refractivity contribution in [2.24, 2.45) is 0 Å². The summed E-state index contributed by atoms with van der Waals surface area (Å²) in [4.78, 5) is 26.6. The molecule has 1 fully saturated rings. The van der Waals surface area contributed by atoms with Crippen LogP contribution >= 0.6 is 0 Å². The topological polar surface area (TPSA) is 58.6 Å². The molecule has 1 aliphatic heterocycles. The zero-order valence-electron chi connectivity index (χ0n) is 15.2. The van der Waals surface area contributed by atoms with Gasteiger partial charge in [-0.15, -0.1) is 0 Å². The third-order valence-corrected chi connectivity index (χ3v) is 4.57. The molecule has 1 heterocycles. The highest BCUT2D eigenvalue weighted by Gasteiger charge is 2.17. The summed E-state index contributed by atoms with van der Waals surface area (Å²) in [6, 6.07) is 13.3. The van der Waals surface area contributed by atoms with Crippen molar-refractivity contribution >= 4 is 17.5 Å². The Bertz CT molecular complexity index is 793. The first-order valence-electron chi connectivity index (χ1n) is 8.86. The van der Waals surface area contributed by atoms with Crippen LogP contribution < -0.4 is 5.32 Å². The summed E-state index contributed by atoms with van der Waals surface area (Å²) in [5.74, 6) is -0.0104. The van der Waals surface area contributed by atoms with Gasteiger partial charge in [-0.2, -0.15) is 0 Å². The Balaban J connectivity index is 1.61. The molecule has 2 aromatic rings. The molecule has 0 atom stereocenters. The van der Waals surface area contributed by atoms with Crippen LogP contribution in [0.1, 0.15) is 27.0 Å². The van der Waals surface area contributed by atoms with E-state index in [1.54, 1.807) is 0 Å². The Hall–Kier alpha value is -2.66. The minimum absolute atomic E-state index is 0.112. The number of nitrogens with zero attached hydrogens (tertiary/aromatic N) is 1. The van der Waals surface area contributed by atoms with Crippen LogP contribution in [0.3, 0.4) is 0 Å². The molecule has 1 N–H and O–H groups in total. The molecule has 0 spiro atoms. The lowest BCUT2D eigenvalue weighted by Gasteiger charge is -2.26. The number of aryl methyl sites for hydroxylation is 2. The van der Waals surface area contributed by atoms with Crippen molar-refractivity contribution in [1.82, 2.24) is 4.90 Å². The molecule has 136 valence electrons. The number of hydrogen-bond acceptors (Lipinski definition) is 3. The van der Waals surface area contributed by atoms with Gasteiger partial charge in [-0.25, -0.2) is 0 Å². The lowest BCUT2D eigenvalue weighted by Crippen LogP contribution is -2.41. The van der Waals surface area contributed by atoms with Crippen molar-refractivity contribution in [3.63, 3.8) is 0 Å². The number of morpholine rings is 1. The maximum atomic E-state index is 12.5. The Morgan fingerprint density at radius 3 is 2.42 bits per heavy atom. The molecule has 2 amide bonds. The van der Waals surface area contributed by atoms with Crippen LogP contribution in [0.25, 0.3) is 0 Å². The van der Waals surface area contributed by atoms with Gasteiger partial charge in [-0.05, 0) is 43.2 Å². The van der Waals surface area contributed by atoms with Gasteiger partial charge in [0.2, 0.25) is 5.91 Å². The Labute approximate surface area is 154 Å². The van der Waals surface area contributed by atoms with E-state index in [9.17, 15) is 9.59 Å². The third-order valence-electron chi connectivity index (χ3n) is 4.57. The number of hydrogen-bond donors (Lipinski definition) is 1. The monoisotopic (exact) mass is 352 g/mol. The maximum Gasteiger partial charge on any atom is 0.255 e. The Morgan fingerprint density at radius 2 is 1.73 bits per heavy atom. The highest BCUT2D eigenvalue weighted by atomic mass is 16.5. The number of rotatable bonds is 4. The van der Waals surface area contributed by atoms with E-state index in [2.05, 4.69) is 5.32 Å². The summed E-state index contributed by atoms with van der Waals surface area (Å²) in [6.45, 7) is 6.42. The van der Waals surface area contributed by atoms with Crippen molar-refractivity contribution in [3.05, 3.63) is 64.7 Å². The third kappa shape index (κ3) is 4.49. The largest absolute Gasteiger partial charge is 0.378 e. The minimum Gasteiger partial charge on any atom is -0.378 e. The number of benzene rings is 2. The number of amides is 2. The van der Waals surface area contributed by atoms with Gasteiger partial charge in [-0.3, -0.25) is 9.59 Å². The molecule has 26 heavy (non-hydrogen) atoms. The summed E-state index contributed by atoms with van der Waals surface area (Å²) in [6.07, 6.45) is 0.366. The van der Waals surface area contributed by atoms with E-state index in [0.717, 1.165) is 22.4 Å². The predicted molar refractivity (Wildman–Crippen MR) is 101 cm³/mol. The number of anilines is 1. The van der Waals surface area contributed by atoms with Gasteiger partial charge in [-0.1, -0.05) is 29.8 Å². The van der Waals surface area contributed by atoms with Gasteiger partial charge in [0.25, 0.3) is 5.91 Å². The number of carbonyl (C=O) groups excluding carboxylic acids is 2. The highest BCUT2D eigenvalue weighted by Crippen LogP contribution is 2.16. The predicted octanol–water partition coefficient (Wildman–Crippen LogP) is 2.96. The molecule has 1 aliphatic rings. The second kappa shape index (κ2) is 8.15. The molecule has 0 aliphatic carbocycles. The van der Waals surface area contributed by atoms with Gasteiger partial charge in [0.1, 0.15) is 0 Å². The molecule has 0 bridgehead atoms. The molecule has 2 aromatic carbocycles. The first kappa shape index (κ1) is 18.1. The fourth-order valence-electron chi connectivity index (χ4n) is 2.98. The summed E-state index contributed by atoms with van der Waals surface area (Å²) in [5, 5.41) is 2.92. The lowest BCUT2D eigenvalue weighted by atomic mass is 10.0. The molecular weight excluding hydrogens is 328 g/mol. The molecule has 0 radical (unpaired) electrons. The minimum atomic E-state index is -0.122. The second-order valence-corrected chi connectivity index (χ2v) is 6.64. The van der Waals surface area contributed by atoms with E-state index in [1.165, 1.54) is 0 Å². The molecule has 1 saturated heterocycles. The summed E-state index contributed by atoms with van der Waals surface area (Å²) < 4.78 is 5.27. The summed E-state index contributed by atoms with van der Waals surface area (Å²) >= 11 is 0. The fourth-order valence-corrected chi connectivity index (χ4v) is 2.98. The van der Waals surface area contributed by atoms with Crippen molar-refractivity contribution in [2.45, 2.75) is 20.3 Å². The van der Waals surface area contributed by atoms with Crippen molar-refractivity contribution in [2.75, 3.05) is 31.6 Å². The fraction of sp³-hybridized carbons (Fsp3) is 0.333. The van der Waals surface area contributed by atoms with Crippen LogP contribution in [0, 0.1) is 13.8 Å². The number of ether oxygens (including phenoxy) is 1. The van der Waals surface area contributed by atoms with Crippen molar-refractivity contribution < 1.29 is 14.3 Å². The van der Waals surface area contributed by atoms with Crippen LogP contribution in [-0.4, -0.2) is 43.0 Å². The smallest absolute Gasteiger partial charge is 0.255 e. The number of carbonyl (C=O) groups is 2. The Morgan fingerprint density at radius 1 is 1.04 bits per heavy atom. The molecule has 0 aromatic heterocycles. The van der Waals surface area contributed by atoms with Gasteiger partial charge in [0.05, 0.1) is 19.6 Å². The molecule has 0 saturated carbocycles. The van der Waals surface area contributed by atoms with Crippen LogP contribution in [0.15, 0.2) is 42.5 Å². The quantitative estimate of drug-likeness (QED) is 0.920. The van der Waals surface area contributed by atoms with Crippen LogP contribution in [0.2, 0.25) is 0 Å². The summed E-state index contributed by atoms with van der Waals surface area (Å²) in [5.41, 5.74) is 4.33. The van der Waals surface area contributed by atoms with Gasteiger partial charge in [0, 0.05) is 24.3 Å². The molecule has 5 heteroatoms.